The average Bonchev–Trinajstić information content (AvgIpc) is 2.67. The molecule has 0 atom stereocenters. The molecule has 134 valence electrons. The standard InChI is InChI=1S/C19H13Br2N5O/c20-6-2-5-18(27)26-17-8-15-16(11-24-17)23-10-12(9-22)19(15)25-14-4-1-3-13(21)7-14/h1-5,7-8,10-11H,6H2,(H,23,25)(H,24,26,27). The Morgan fingerprint density at radius 3 is 2.85 bits per heavy atom. The fourth-order valence-electron chi connectivity index (χ4n) is 2.41. The van der Waals surface area contributed by atoms with Crippen LogP contribution in [-0.4, -0.2) is 21.2 Å². The lowest BCUT2D eigenvalue weighted by Gasteiger charge is -2.12. The molecule has 0 aliphatic carbocycles. The number of benzene rings is 1. The second kappa shape index (κ2) is 8.75. The SMILES string of the molecule is N#Cc1cnc2cnc(NC(=O)C=CCBr)cc2c1Nc1cccc(Br)c1. The summed E-state index contributed by atoms with van der Waals surface area (Å²) in [7, 11) is 0. The summed E-state index contributed by atoms with van der Waals surface area (Å²) < 4.78 is 0.914. The van der Waals surface area contributed by atoms with Crippen molar-refractivity contribution >= 4 is 65.9 Å². The van der Waals surface area contributed by atoms with Crippen LogP contribution in [0.4, 0.5) is 17.2 Å². The smallest absolute Gasteiger partial charge is 0.249 e. The monoisotopic (exact) mass is 485 g/mol. The number of nitriles is 1. The van der Waals surface area contributed by atoms with E-state index in [1.807, 2.05) is 24.3 Å². The second-order valence-electron chi connectivity index (χ2n) is 5.43. The van der Waals surface area contributed by atoms with Crippen LogP contribution in [0.2, 0.25) is 0 Å². The van der Waals surface area contributed by atoms with Crippen LogP contribution in [0.25, 0.3) is 10.9 Å². The van der Waals surface area contributed by atoms with E-state index in [4.69, 9.17) is 0 Å². The van der Waals surface area contributed by atoms with Crippen molar-refractivity contribution in [1.29, 1.82) is 5.26 Å². The number of pyridine rings is 2. The van der Waals surface area contributed by atoms with Crippen molar-refractivity contribution in [2.75, 3.05) is 16.0 Å². The van der Waals surface area contributed by atoms with Crippen molar-refractivity contribution in [1.82, 2.24) is 9.97 Å². The first kappa shape index (κ1) is 19.0. The molecule has 27 heavy (non-hydrogen) atoms. The summed E-state index contributed by atoms with van der Waals surface area (Å²) in [5.41, 5.74) is 2.43. The van der Waals surface area contributed by atoms with E-state index in [0.29, 0.717) is 33.3 Å². The van der Waals surface area contributed by atoms with Crippen LogP contribution >= 0.6 is 31.9 Å². The van der Waals surface area contributed by atoms with Crippen LogP contribution in [0, 0.1) is 11.3 Å². The Hall–Kier alpha value is -2.76. The molecule has 2 heterocycles. The fraction of sp³-hybridized carbons (Fsp3) is 0.0526. The summed E-state index contributed by atoms with van der Waals surface area (Å²) in [5, 5.41) is 16.7. The Morgan fingerprint density at radius 1 is 1.26 bits per heavy atom. The van der Waals surface area contributed by atoms with Gasteiger partial charge in [-0.05, 0) is 24.3 Å². The molecule has 0 unspecified atom stereocenters. The summed E-state index contributed by atoms with van der Waals surface area (Å²) in [6.45, 7) is 0. The van der Waals surface area contributed by atoms with Crippen molar-refractivity contribution in [3.8, 4) is 6.07 Å². The quantitative estimate of drug-likeness (QED) is 0.395. The van der Waals surface area contributed by atoms with Gasteiger partial charge in [-0.3, -0.25) is 9.78 Å². The maximum atomic E-state index is 11.9. The Balaban J connectivity index is 2.04. The zero-order valence-corrected chi connectivity index (χ0v) is 17.1. The van der Waals surface area contributed by atoms with E-state index < -0.39 is 0 Å². The molecular formula is C19H13Br2N5O. The number of nitrogens with one attached hydrogen (secondary N) is 2. The minimum absolute atomic E-state index is 0.285. The number of halogens is 2. The molecule has 0 radical (unpaired) electrons. The molecule has 2 N–H and O–H groups in total. The van der Waals surface area contributed by atoms with Crippen molar-refractivity contribution < 1.29 is 4.79 Å². The van der Waals surface area contributed by atoms with Gasteiger partial charge < -0.3 is 10.6 Å². The van der Waals surface area contributed by atoms with Crippen molar-refractivity contribution in [3.05, 3.63) is 64.9 Å². The van der Waals surface area contributed by atoms with E-state index in [2.05, 4.69) is 58.5 Å². The topological polar surface area (TPSA) is 90.7 Å². The number of carbonyl (C=O) groups excluding carboxylic acids is 1. The van der Waals surface area contributed by atoms with Crippen LogP contribution in [0.5, 0.6) is 0 Å². The van der Waals surface area contributed by atoms with E-state index in [1.165, 1.54) is 12.3 Å². The number of fused-ring (bicyclic) bond motifs is 1. The zero-order valence-electron chi connectivity index (χ0n) is 13.9. The number of nitrogens with zero attached hydrogens (tertiary/aromatic N) is 3. The van der Waals surface area contributed by atoms with E-state index in [1.54, 1.807) is 18.3 Å². The van der Waals surface area contributed by atoms with E-state index in [0.717, 1.165) is 10.2 Å². The van der Waals surface area contributed by atoms with E-state index in [9.17, 15) is 10.1 Å². The number of hydrogen-bond acceptors (Lipinski definition) is 5. The number of aromatic nitrogens is 2. The molecule has 0 aliphatic rings. The average molecular weight is 487 g/mol. The lowest BCUT2D eigenvalue weighted by molar-refractivity contribution is -0.111. The maximum Gasteiger partial charge on any atom is 0.249 e. The molecular weight excluding hydrogens is 474 g/mol. The van der Waals surface area contributed by atoms with Crippen LogP contribution in [-0.2, 0) is 4.79 Å². The van der Waals surface area contributed by atoms with Gasteiger partial charge in [-0.1, -0.05) is 44.0 Å². The Labute approximate surface area is 172 Å². The maximum absolute atomic E-state index is 11.9. The van der Waals surface area contributed by atoms with Crippen LogP contribution in [0.3, 0.4) is 0 Å². The predicted molar refractivity (Wildman–Crippen MR) is 113 cm³/mol. The molecule has 8 heteroatoms. The van der Waals surface area contributed by atoms with Crippen LogP contribution in [0.15, 0.2) is 59.4 Å². The Morgan fingerprint density at radius 2 is 2.11 bits per heavy atom. The number of amides is 1. The highest BCUT2D eigenvalue weighted by molar-refractivity contribution is 9.10. The summed E-state index contributed by atoms with van der Waals surface area (Å²) in [6, 6.07) is 11.5. The first-order valence-corrected chi connectivity index (χ1v) is 9.77. The molecule has 0 aliphatic heterocycles. The van der Waals surface area contributed by atoms with Gasteiger partial charge >= 0.3 is 0 Å². The molecule has 2 aromatic heterocycles. The highest BCUT2D eigenvalue weighted by Gasteiger charge is 2.12. The first-order chi connectivity index (χ1) is 13.1. The highest BCUT2D eigenvalue weighted by atomic mass is 79.9. The summed E-state index contributed by atoms with van der Waals surface area (Å²) in [6.07, 6.45) is 6.17. The first-order valence-electron chi connectivity index (χ1n) is 7.85. The number of hydrogen-bond donors (Lipinski definition) is 2. The number of alkyl halides is 1. The van der Waals surface area contributed by atoms with Crippen LogP contribution in [0.1, 0.15) is 5.56 Å². The summed E-state index contributed by atoms with van der Waals surface area (Å²) in [5.74, 6) is 0.0908. The number of anilines is 3. The van der Waals surface area contributed by atoms with Gasteiger partial charge in [0.15, 0.2) is 0 Å². The van der Waals surface area contributed by atoms with Crippen molar-refractivity contribution in [3.63, 3.8) is 0 Å². The molecule has 0 bridgehead atoms. The van der Waals surface area contributed by atoms with Gasteiger partial charge in [-0.25, -0.2) is 4.98 Å². The van der Waals surface area contributed by atoms with Gasteiger partial charge in [-0.2, -0.15) is 5.26 Å². The molecule has 0 saturated carbocycles. The van der Waals surface area contributed by atoms with Gasteiger partial charge in [0.1, 0.15) is 11.9 Å². The third kappa shape index (κ3) is 4.70. The molecule has 0 saturated heterocycles. The Kier molecular flexibility index (Phi) is 6.16. The van der Waals surface area contributed by atoms with Gasteiger partial charge in [0.2, 0.25) is 5.91 Å². The lowest BCUT2D eigenvalue weighted by Crippen LogP contribution is -2.09. The molecule has 1 amide bonds. The minimum Gasteiger partial charge on any atom is -0.354 e. The number of allylic oxidation sites excluding steroid dienone is 1. The predicted octanol–water partition coefficient (Wildman–Crippen LogP) is 4.90. The zero-order chi connectivity index (χ0) is 19.2. The third-order valence-electron chi connectivity index (χ3n) is 3.58. The fourth-order valence-corrected chi connectivity index (χ4v) is 3.00. The Bertz CT molecular complexity index is 1080. The molecule has 6 nitrogen and oxygen atoms in total. The molecule has 1 aromatic carbocycles. The minimum atomic E-state index is -0.285. The molecule has 0 fully saturated rings. The largest absolute Gasteiger partial charge is 0.354 e. The van der Waals surface area contributed by atoms with Gasteiger partial charge in [0.05, 0.1) is 23.0 Å². The number of rotatable bonds is 5. The third-order valence-corrected chi connectivity index (χ3v) is 4.45. The van der Waals surface area contributed by atoms with Crippen molar-refractivity contribution in [2.24, 2.45) is 0 Å². The van der Waals surface area contributed by atoms with E-state index in [-0.39, 0.29) is 5.91 Å². The highest BCUT2D eigenvalue weighted by Crippen LogP contribution is 2.30. The second-order valence-corrected chi connectivity index (χ2v) is 6.99. The van der Waals surface area contributed by atoms with Gasteiger partial charge in [-0.15, -0.1) is 0 Å². The molecule has 0 spiro atoms. The number of carbonyl (C=O) groups is 1. The van der Waals surface area contributed by atoms with Crippen LogP contribution < -0.4 is 10.6 Å². The summed E-state index contributed by atoms with van der Waals surface area (Å²) >= 11 is 6.66. The normalized spacial score (nSPS) is 10.7. The van der Waals surface area contributed by atoms with Gasteiger partial charge in [0.25, 0.3) is 0 Å². The van der Waals surface area contributed by atoms with Crippen molar-refractivity contribution in [2.45, 2.75) is 0 Å². The van der Waals surface area contributed by atoms with Gasteiger partial charge in [0, 0.05) is 33.1 Å². The summed E-state index contributed by atoms with van der Waals surface area (Å²) in [4.78, 5) is 20.4. The van der Waals surface area contributed by atoms with E-state index >= 15 is 0 Å². The lowest BCUT2D eigenvalue weighted by atomic mass is 10.1. The molecule has 3 aromatic rings. The molecule has 3 rings (SSSR count).